The zero-order valence-corrected chi connectivity index (χ0v) is 15.0. The lowest BCUT2D eigenvalue weighted by atomic mass is 10.1. The number of carbonyl (C=O) groups excluding carboxylic acids is 1. The highest BCUT2D eigenvalue weighted by molar-refractivity contribution is 9.10. The molecule has 6 heteroatoms. The average molecular weight is 419 g/mol. The number of benzene rings is 1. The third-order valence-electron chi connectivity index (χ3n) is 2.58. The smallest absolute Gasteiger partial charge is 0.419 e. The minimum absolute atomic E-state index is 0.328. The monoisotopic (exact) mass is 417 g/mol. The number of halogens is 3. The molecule has 0 aliphatic rings. The van der Waals surface area contributed by atoms with Gasteiger partial charge in [-0.15, -0.1) is 0 Å². The normalized spacial score (nSPS) is 11.5. The molecule has 0 unspecified atom stereocenters. The van der Waals surface area contributed by atoms with Crippen molar-refractivity contribution in [1.82, 2.24) is 4.57 Å². The lowest BCUT2D eigenvalue weighted by Crippen LogP contribution is -2.27. The van der Waals surface area contributed by atoms with Gasteiger partial charge in [-0.3, -0.25) is 4.57 Å². The van der Waals surface area contributed by atoms with Gasteiger partial charge in [-0.1, -0.05) is 15.9 Å². The van der Waals surface area contributed by atoms with Gasteiger partial charge in [0.2, 0.25) is 0 Å². The van der Waals surface area contributed by atoms with E-state index >= 15 is 0 Å². The Bertz CT molecular complexity index is 689. The molecule has 1 aromatic heterocycles. The Morgan fingerprint density at radius 1 is 1.19 bits per heavy atom. The van der Waals surface area contributed by atoms with Crippen LogP contribution in [0.15, 0.2) is 39.4 Å². The molecule has 0 aliphatic heterocycles. The van der Waals surface area contributed by atoms with Gasteiger partial charge in [0, 0.05) is 20.7 Å². The van der Waals surface area contributed by atoms with Crippen molar-refractivity contribution in [3.8, 4) is 11.3 Å². The summed E-state index contributed by atoms with van der Waals surface area (Å²) in [7, 11) is 0. The first-order valence-electron chi connectivity index (χ1n) is 6.24. The van der Waals surface area contributed by atoms with E-state index in [-0.39, 0.29) is 0 Å². The van der Waals surface area contributed by atoms with Crippen molar-refractivity contribution in [2.45, 2.75) is 26.4 Å². The number of hydrogen-bond acceptors (Lipinski definition) is 2. The van der Waals surface area contributed by atoms with E-state index in [1.165, 1.54) is 10.6 Å². The van der Waals surface area contributed by atoms with Gasteiger partial charge >= 0.3 is 6.09 Å². The van der Waals surface area contributed by atoms with Crippen LogP contribution in [0.1, 0.15) is 20.8 Å². The summed E-state index contributed by atoms with van der Waals surface area (Å²) < 4.78 is 22.1. The molecule has 0 amide bonds. The van der Waals surface area contributed by atoms with E-state index in [9.17, 15) is 9.18 Å². The zero-order valence-electron chi connectivity index (χ0n) is 11.8. The molecule has 21 heavy (non-hydrogen) atoms. The lowest BCUT2D eigenvalue weighted by molar-refractivity contribution is 0.0540. The van der Waals surface area contributed by atoms with Crippen molar-refractivity contribution in [3.05, 3.63) is 45.2 Å². The van der Waals surface area contributed by atoms with Gasteiger partial charge in [0.1, 0.15) is 11.4 Å². The largest absolute Gasteiger partial charge is 0.443 e. The predicted molar refractivity (Wildman–Crippen MR) is 86.9 cm³/mol. The van der Waals surface area contributed by atoms with Crippen LogP contribution in [0.4, 0.5) is 9.18 Å². The van der Waals surface area contributed by atoms with Gasteiger partial charge in [-0.05, 0) is 61.0 Å². The molecule has 0 radical (unpaired) electrons. The van der Waals surface area contributed by atoms with Gasteiger partial charge in [-0.2, -0.15) is 0 Å². The predicted octanol–water partition coefficient (Wildman–Crippen LogP) is 5.60. The third-order valence-corrected chi connectivity index (χ3v) is 3.51. The first-order chi connectivity index (χ1) is 9.67. The highest BCUT2D eigenvalue weighted by atomic mass is 79.9. The fraction of sp³-hybridized carbons (Fsp3) is 0.267. The van der Waals surface area contributed by atoms with Crippen molar-refractivity contribution in [2.24, 2.45) is 0 Å². The van der Waals surface area contributed by atoms with E-state index in [0.29, 0.717) is 20.2 Å². The first kappa shape index (κ1) is 16.2. The average Bonchev–Trinajstić information content (AvgIpc) is 2.69. The molecule has 1 heterocycles. The molecule has 3 nitrogen and oxygen atoms in total. The molecular formula is C15H14Br2FNO2. The summed E-state index contributed by atoms with van der Waals surface area (Å²) in [6, 6.07) is 6.37. The number of aromatic nitrogens is 1. The topological polar surface area (TPSA) is 31.2 Å². The quantitative estimate of drug-likeness (QED) is 0.603. The van der Waals surface area contributed by atoms with Crippen LogP contribution in [0.2, 0.25) is 0 Å². The maximum absolute atomic E-state index is 14.1. The molecule has 1 aromatic carbocycles. The van der Waals surface area contributed by atoms with Gasteiger partial charge in [-0.25, -0.2) is 9.18 Å². The Balaban J connectivity index is 2.48. The van der Waals surface area contributed by atoms with Crippen molar-refractivity contribution in [2.75, 3.05) is 0 Å². The number of rotatable bonds is 1. The maximum Gasteiger partial charge on any atom is 0.419 e. The van der Waals surface area contributed by atoms with Crippen molar-refractivity contribution in [3.63, 3.8) is 0 Å². The second kappa shape index (κ2) is 5.93. The number of carbonyl (C=O) groups is 1. The summed E-state index contributed by atoms with van der Waals surface area (Å²) in [5, 5.41) is 0. The fourth-order valence-electron chi connectivity index (χ4n) is 1.80. The molecule has 0 atom stereocenters. The van der Waals surface area contributed by atoms with Gasteiger partial charge in [0.05, 0.1) is 5.69 Å². The van der Waals surface area contributed by atoms with Crippen molar-refractivity contribution >= 4 is 38.0 Å². The van der Waals surface area contributed by atoms with E-state index in [0.717, 1.165) is 0 Å². The molecule has 2 rings (SSSR count). The third kappa shape index (κ3) is 3.95. The Morgan fingerprint density at radius 2 is 1.86 bits per heavy atom. The molecule has 0 bridgehead atoms. The summed E-state index contributed by atoms with van der Waals surface area (Å²) in [5.41, 5.74) is 0.138. The van der Waals surface area contributed by atoms with Crippen molar-refractivity contribution < 1.29 is 13.9 Å². The summed E-state index contributed by atoms with van der Waals surface area (Å²) in [4.78, 5) is 12.2. The maximum atomic E-state index is 14.1. The Hall–Kier alpha value is -1.14. The lowest BCUT2D eigenvalue weighted by Gasteiger charge is -2.20. The number of hydrogen-bond donors (Lipinski definition) is 0. The summed E-state index contributed by atoms with van der Waals surface area (Å²) in [5.74, 6) is -0.417. The van der Waals surface area contributed by atoms with Crippen molar-refractivity contribution in [1.29, 1.82) is 0 Å². The van der Waals surface area contributed by atoms with Gasteiger partial charge in [0.25, 0.3) is 0 Å². The molecule has 0 N–H and O–H groups in total. The van der Waals surface area contributed by atoms with Crippen LogP contribution in [0, 0.1) is 5.82 Å². The highest BCUT2D eigenvalue weighted by Gasteiger charge is 2.22. The highest BCUT2D eigenvalue weighted by Crippen LogP contribution is 2.30. The van der Waals surface area contributed by atoms with Crippen LogP contribution in [-0.2, 0) is 4.74 Å². The second-order valence-electron chi connectivity index (χ2n) is 5.52. The van der Waals surface area contributed by atoms with E-state index in [1.54, 1.807) is 45.2 Å². The molecule has 0 spiro atoms. The molecule has 0 saturated carbocycles. The molecular weight excluding hydrogens is 405 g/mol. The zero-order chi connectivity index (χ0) is 15.8. The first-order valence-corrected chi connectivity index (χ1v) is 7.82. The number of ether oxygens (including phenoxy) is 1. The minimum Gasteiger partial charge on any atom is -0.443 e. The van der Waals surface area contributed by atoms with E-state index in [4.69, 9.17) is 4.74 Å². The molecule has 0 saturated heterocycles. The summed E-state index contributed by atoms with van der Waals surface area (Å²) >= 11 is 6.52. The SMILES string of the molecule is CC(C)(C)OC(=O)n1cc(Br)cc1-c1ccc(Br)cc1F. The van der Waals surface area contributed by atoms with Crippen LogP contribution >= 0.6 is 31.9 Å². The molecule has 0 fully saturated rings. The van der Waals surface area contributed by atoms with Crippen LogP contribution in [-0.4, -0.2) is 16.3 Å². The van der Waals surface area contributed by atoms with Crippen LogP contribution in [0.25, 0.3) is 11.3 Å². The van der Waals surface area contributed by atoms with Gasteiger partial charge in [0.15, 0.2) is 0 Å². The Kier molecular flexibility index (Phi) is 4.58. The van der Waals surface area contributed by atoms with E-state index < -0.39 is 17.5 Å². The second-order valence-corrected chi connectivity index (χ2v) is 7.35. The fourth-order valence-corrected chi connectivity index (χ4v) is 2.55. The van der Waals surface area contributed by atoms with Crippen LogP contribution < -0.4 is 0 Å². The minimum atomic E-state index is -0.622. The Morgan fingerprint density at radius 3 is 2.43 bits per heavy atom. The van der Waals surface area contributed by atoms with E-state index in [1.807, 2.05) is 0 Å². The molecule has 0 aliphatic carbocycles. The number of nitrogens with zero attached hydrogens (tertiary/aromatic N) is 1. The standard InChI is InChI=1S/C15H14Br2FNO2/c1-15(2,3)21-14(20)19-8-10(17)7-13(19)11-5-4-9(16)6-12(11)18/h4-8H,1-3H3. The molecule has 2 aromatic rings. The van der Waals surface area contributed by atoms with Crippen LogP contribution in [0.5, 0.6) is 0 Å². The van der Waals surface area contributed by atoms with E-state index in [2.05, 4.69) is 31.9 Å². The van der Waals surface area contributed by atoms with Crippen LogP contribution in [0.3, 0.4) is 0 Å². The van der Waals surface area contributed by atoms with Gasteiger partial charge < -0.3 is 4.74 Å². The summed E-state index contributed by atoms with van der Waals surface area (Å²) in [6.07, 6.45) is 1.01. The molecule has 112 valence electrons. The summed E-state index contributed by atoms with van der Waals surface area (Å²) in [6.45, 7) is 5.34. The Labute approximate surface area is 139 Å².